The molecule has 1 aromatic heterocycles. The van der Waals surface area contributed by atoms with Gasteiger partial charge in [-0.05, 0) is 55.7 Å². The maximum Gasteiger partial charge on any atom is 0.280 e. The first-order valence-corrected chi connectivity index (χ1v) is 10.3. The minimum atomic E-state index is -0.444. The van der Waals surface area contributed by atoms with Crippen LogP contribution in [-0.2, 0) is 4.79 Å². The number of nitro benzene ring substituents is 1. The highest BCUT2D eigenvalue weighted by Crippen LogP contribution is 2.31. The predicted molar refractivity (Wildman–Crippen MR) is 121 cm³/mol. The van der Waals surface area contributed by atoms with E-state index in [2.05, 4.69) is 10.2 Å². The lowest BCUT2D eigenvalue weighted by atomic mass is 10.1. The highest BCUT2D eigenvalue weighted by molar-refractivity contribution is 6.03. The third-order valence-electron chi connectivity index (χ3n) is 5.25. The Morgan fingerprint density at radius 3 is 2.55 bits per heavy atom. The molecule has 1 aliphatic rings. The van der Waals surface area contributed by atoms with Gasteiger partial charge in [-0.3, -0.25) is 14.9 Å². The average Bonchev–Trinajstić information content (AvgIpc) is 3.28. The number of carbonyl (C=O) groups excluding carboxylic acids is 1. The van der Waals surface area contributed by atoms with Crippen molar-refractivity contribution in [3.8, 4) is 11.3 Å². The zero-order valence-electron chi connectivity index (χ0n) is 17.0. The second-order valence-electron chi connectivity index (χ2n) is 7.36. The van der Waals surface area contributed by atoms with Gasteiger partial charge < -0.3 is 14.6 Å². The van der Waals surface area contributed by atoms with Gasteiger partial charge in [0.05, 0.1) is 21.9 Å². The standard InChI is InChI=1S/C24H23N3O4/c28-24(25-20-9-3-5-11-22(20)26-16-6-1-7-17-26)15-13-18-12-14-23(31-18)19-8-2-4-10-21(19)27(29)30/h2-5,8-15H,1,6-7,16-17H2,(H,25,28). The Hall–Kier alpha value is -3.87. The third-order valence-corrected chi connectivity index (χ3v) is 5.25. The van der Waals surface area contributed by atoms with Gasteiger partial charge in [0.2, 0.25) is 5.91 Å². The molecule has 1 saturated heterocycles. The van der Waals surface area contributed by atoms with Crippen molar-refractivity contribution in [2.24, 2.45) is 0 Å². The third kappa shape index (κ3) is 4.83. The van der Waals surface area contributed by atoms with E-state index in [1.54, 1.807) is 36.4 Å². The number of nitro groups is 1. The number of nitrogens with one attached hydrogen (secondary N) is 1. The zero-order valence-corrected chi connectivity index (χ0v) is 17.0. The number of benzene rings is 2. The SMILES string of the molecule is O=C(C=Cc1ccc(-c2ccccc2[N+](=O)[O-])o1)Nc1ccccc1N1CCCCC1. The molecule has 7 nitrogen and oxygen atoms in total. The molecule has 0 radical (unpaired) electrons. The van der Waals surface area contributed by atoms with Crippen LogP contribution in [0.4, 0.5) is 17.1 Å². The van der Waals surface area contributed by atoms with E-state index in [0.717, 1.165) is 37.3 Å². The summed E-state index contributed by atoms with van der Waals surface area (Å²) in [5.74, 6) is 0.545. The van der Waals surface area contributed by atoms with E-state index < -0.39 is 4.92 Å². The maximum atomic E-state index is 12.5. The summed E-state index contributed by atoms with van der Waals surface area (Å²) in [5.41, 5.74) is 2.17. The van der Waals surface area contributed by atoms with Gasteiger partial charge >= 0.3 is 0 Å². The van der Waals surface area contributed by atoms with E-state index >= 15 is 0 Å². The van der Waals surface area contributed by atoms with E-state index in [9.17, 15) is 14.9 Å². The molecule has 1 N–H and O–H groups in total. The number of amides is 1. The quantitative estimate of drug-likeness (QED) is 0.325. The summed E-state index contributed by atoms with van der Waals surface area (Å²) in [4.78, 5) is 25.6. The molecule has 158 valence electrons. The van der Waals surface area contributed by atoms with Crippen LogP contribution in [0.2, 0.25) is 0 Å². The van der Waals surface area contributed by atoms with Crippen LogP contribution in [0, 0.1) is 10.1 Å². The Morgan fingerprint density at radius 2 is 1.74 bits per heavy atom. The summed E-state index contributed by atoms with van der Waals surface area (Å²) in [6.07, 6.45) is 6.50. The van der Waals surface area contributed by atoms with Gasteiger partial charge in [-0.25, -0.2) is 0 Å². The molecule has 0 atom stereocenters. The summed E-state index contributed by atoms with van der Waals surface area (Å²) < 4.78 is 5.70. The number of carbonyl (C=O) groups is 1. The topological polar surface area (TPSA) is 88.6 Å². The van der Waals surface area contributed by atoms with E-state index in [0.29, 0.717) is 17.1 Å². The summed E-state index contributed by atoms with van der Waals surface area (Å²) in [5, 5.41) is 14.2. The average molecular weight is 417 g/mol. The molecule has 1 amide bonds. The fraction of sp³-hybridized carbons (Fsp3) is 0.208. The van der Waals surface area contributed by atoms with Crippen molar-refractivity contribution in [3.05, 3.63) is 82.6 Å². The van der Waals surface area contributed by atoms with E-state index in [4.69, 9.17) is 4.42 Å². The zero-order chi connectivity index (χ0) is 21.6. The lowest BCUT2D eigenvalue weighted by molar-refractivity contribution is -0.384. The smallest absolute Gasteiger partial charge is 0.280 e. The van der Waals surface area contributed by atoms with Crippen LogP contribution in [0.15, 0.2) is 71.2 Å². The van der Waals surface area contributed by atoms with E-state index in [1.807, 2.05) is 24.3 Å². The molecule has 7 heteroatoms. The number of para-hydroxylation sites is 3. The Balaban J connectivity index is 1.46. The van der Waals surface area contributed by atoms with Crippen LogP contribution in [0.3, 0.4) is 0 Å². The van der Waals surface area contributed by atoms with Crippen molar-refractivity contribution in [3.63, 3.8) is 0 Å². The number of hydrogen-bond acceptors (Lipinski definition) is 5. The van der Waals surface area contributed by atoms with Crippen molar-refractivity contribution in [2.45, 2.75) is 19.3 Å². The molecule has 2 heterocycles. The first kappa shape index (κ1) is 20.4. The Labute approximate surface area is 180 Å². The van der Waals surface area contributed by atoms with Gasteiger partial charge in [-0.2, -0.15) is 0 Å². The van der Waals surface area contributed by atoms with Crippen molar-refractivity contribution < 1.29 is 14.1 Å². The minimum absolute atomic E-state index is 0.0283. The molecular formula is C24H23N3O4. The molecule has 1 aliphatic heterocycles. The molecule has 0 aliphatic carbocycles. The van der Waals surface area contributed by atoms with Crippen molar-refractivity contribution in [1.82, 2.24) is 0 Å². The minimum Gasteiger partial charge on any atom is -0.456 e. The highest BCUT2D eigenvalue weighted by Gasteiger charge is 2.17. The lowest BCUT2D eigenvalue weighted by Gasteiger charge is -2.30. The molecular weight excluding hydrogens is 394 g/mol. The second kappa shape index (κ2) is 9.30. The van der Waals surface area contributed by atoms with Crippen LogP contribution >= 0.6 is 0 Å². The Kier molecular flexibility index (Phi) is 6.12. The number of nitrogens with zero attached hydrogens (tertiary/aromatic N) is 2. The van der Waals surface area contributed by atoms with Gasteiger partial charge in [0.1, 0.15) is 11.5 Å². The lowest BCUT2D eigenvalue weighted by Crippen LogP contribution is -2.30. The molecule has 4 rings (SSSR count). The Bertz CT molecular complexity index is 1110. The van der Waals surface area contributed by atoms with Gasteiger partial charge in [-0.1, -0.05) is 24.3 Å². The van der Waals surface area contributed by atoms with Crippen LogP contribution in [0.5, 0.6) is 0 Å². The maximum absolute atomic E-state index is 12.5. The number of piperidine rings is 1. The van der Waals surface area contributed by atoms with Gasteiger partial charge in [0.25, 0.3) is 5.69 Å². The second-order valence-corrected chi connectivity index (χ2v) is 7.36. The first-order chi connectivity index (χ1) is 15.1. The summed E-state index contributed by atoms with van der Waals surface area (Å²) in [6.45, 7) is 1.98. The van der Waals surface area contributed by atoms with Crippen LogP contribution in [0.25, 0.3) is 17.4 Å². The normalized spacial score (nSPS) is 14.0. The molecule has 0 saturated carbocycles. The molecule has 1 fully saturated rings. The van der Waals surface area contributed by atoms with Crippen molar-refractivity contribution in [2.75, 3.05) is 23.3 Å². The number of hydrogen-bond donors (Lipinski definition) is 1. The molecule has 0 unspecified atom stereocenters. The molecule has 0 spiro atoms. The van der Waals surface area contributed by atoms with Crippen LogP contribution in [-0.4, -0.2) is 23.9 Å². The predicted octanol–water partition coefficient (Wildman–Crippen LogP) is 5.50. The fourth-order valence-electron chi connectivity index (χ4n) is 3.75. The summed E-state index contributed by atoms with van der Waals surface area (Å²) in [7, 11) is 0. The van der Waals surface area contributed by atoms with E-state index in [1.165, 1.54) is 18.6 Å². The molecule has 31 heavy (non-hydrogen) atoms. The molecule has 2 aromatic carbocycles. The van der Waals surface area contributed by atoms with E-state index in [-0.39, 0.29) is 11.6 Å². The number of rotatable bonds is 6. The highest BCUT2D eigenvalue weighted by atomic mass is 16.6. The largest absolute Gasteiger partial charge is 0.456 e. The Morgan fingerprint density at radius 1 is 1.00 bits per heavy atom. The fourth-order valence-corrected chi connectivity index (χ4v) is 3.75. The van der Waals surface area contributed by atoms with Gasteiger partial charge in [0, 0.05) is 25.2 Å². The van der Waals surface area contributed by atoms with Crippen LogP contribution in [0.1, 0.15) is 25.0 Å². The van der Waals surface area contributed by atoms with Crippen molar-refractivity contribution in [1.29, 1.82) is 0 Å². The number of furan rings is 1. The summed E-state index contributed by atoms with van der Waals surface area (Å²) >= 11 is 0. The van der Waals surface area contributed by atoms with Gasteiger partial charge in [0.15, 0.2) is 0 Å². The number of anilines is 2. The monoisotopic (exact) mass is 417 g/mol. The first-order valence-electron chi connectivity index (χ1n) is 10.3. The van der Waals surface area contributed by atoms with Crippen molar-refractivity contribution >= 4 is 29.0 Å². The molecule has 0 bridgehead atoms. The van der Waals surface area contributed by atoms with Gasteiger partial charge in [-0.15, -0.1) is 0 Å². The molecule has 3 aromatic rings. The van der Waals surface area contributed by atoms with Crippen LogP contribution < -0.4 is 10.2 Å². The summed E-state index contributed by atoms with van der Waals surface area (Å²) in [6, 6.07) is 17.5.